The number of rotatable bonds is 0. The number of hydrogen-bond acceptors (Lipinski definition) is 1. The smallest absolute Gasteiger partial charge is 0.00349 e. The number of likely N-dealkylation sites (tertiary alicyclic amines) is 1. The van der Waals surface area contributed by atoms with Crippen molar-refractivity contribution in [3.05, 3.63) is 0 Å². The lowest BCUT2D eigenvalue weighted by Gasteiger charge is -2.44. The third-order valence-electron chi connectivity index (χ3n) is 3.77. The van der Waals surface area contributed by atoms with Crippen LogP contribution in [-0.2, 0) is 0 Å². The van der Waals surface area contributed by atoms with Crippen molar-refractivity contribution in [1.82, 2.24) is 4.90 Å². The van der Waals surface area contributed by atoms with Crippen LogP contribution in [0.2, 0.25) is 0 Å². The Bertz CT molecular complexity index is 142. The van der Waals surface area contributed by atoms with Gasteiger partial charge in [0.05, 0.1) is 0 Å². The van der Waals surface area contributed by atoms with E-state index in [9.17, 15) is 0 Å². The van der Waals surface area contributed by atoms with Crippen molar-refractivity contribution in [2.24, 2.45) is 5.41 Å². The molecule has 0 bridgehead atoms. The fourth-order valence-electron chi connectivity index (χ4n) is 3.16. The summed E-state index contributed by atoms with van der Waals surface area (Å²) in [7, 11) is 2.29. The van der Waals surface area contributed by atoms with Crippen LogP contribution < -0.4 is 0 Å². The molecule has 2 aliphatic rings. The summed E-state index contributed by atoms with van der Waals surface area (Å²) in [4.78, 5) is 2.54. The highest BCUT2D eigenvalue weighted by Crippen LogP contribution is 2.42. The molecule has 1 spiro atoms. The van der Waals surface area contributed by atoms with Gasteiger partial charge in [-0.3, -0.25) is 0 Å². The van der Waals surface area contributed by atoms with Crippen molar-refractivity contribution >= 4 is 0 Å². The fraction of sp³-hybridized carbons (Fsp3) is 1.00. The molecule has 0 N–H and O–H groups in total. The average Bonchev–Trinajstić information content (AvgIpc) is 2.21. The van der Waals surface area contributed by atoms with Crippen LogP contribution in [0.25, 0.3) is 0 Å². The standard InChI is InChI=1S/C11H21N.C2H6/c1-12-9-5-8-11(10-12)6-3-2-4-7-11;1-2/h2-10H2,1H3;1-2H3. The van der Waals surface area contributed by atoms with Gasteiger partial charge in [0.2, 0.25) is 0 Å². The maximum atomic E-state index is 2.54. The highest BCUT2D eigenvalue weighted by atomic mass is 15.1. The van der Waals surface area contributed by atoms with Crippen molar-refractivity contribution < 1.29 is 0 Å². The van der Waals surface area contributed by atoms with Gasteiger partial charge in [-0.15, -0.1) is 0 Å². The SMILES string of the molecule is CC.CN1CCCC2(CCCCC2)C1. The molecule has 0 unspecified atom stereocenters. The summed E-state index contributed by atoms with van der Waals surface area (Å²) in [5, 5.41) is 0. The molecule has 1 nitrogen and oxygen atoms in total. The monoisotopic (exact) mass is 197 g/mol. The quantitative estimate of drug-likeness (QED) is 0.572. The van der Waals surface area contributed by atoms with Crippen molar-refractivity contribution in [1.29, 1.82) is 0 Å². The highest BCUT2D eigenvalue weighted by molar-refractivity contribution is 4.88. The predicted molar refractivity (Wildman–Crippen MR) is 63.6 cm³/mol. The molecule has 1 aliphatic carbocycles. The summed E-state index contributed by atoms with van der Waals surface area (Å²) in [6.45, 7) is 6.72. The maximum absolute atomic E-state index is 2.54. The van der Waals surface area contributed by atoms with Gasteiger partial charge in [0.15, 0.2) is 0 Å². The van der Waals surface area contributed by atoms with Gasteiger partial charge in [-0.05, 0) is 44.7 Å². The lowest BCUT2D eigenvalue weighted by Crippen LogP contribution is -2.42. The molecule has 0 aromatic carbocycles. The van der Waals surface area contributed by atoms with Gasteiger partial charge in [-0.2, -0.15) is 0 Å². The third kappa shape index (κ3) is 2.98. The average molecular weight is 197 g/mol. The second-order valence-electron chi connectivity index (χ2n) is 4.90. The molecule has 0 radical (unpaired) electrons. The van der Waals surface area contributed by atoms with Crippen LogP contribution in [-0.4, -0.2) is 25.0 Å². The molecular weight excluding hydrogens is 170 g/mol. The van der Waals surface area contributed by atoms with Crippen LogP contribution in [0.5, 0.6) is 0 Å². The summed E-state index contributed by atoms with van der Waals surface area (Å²) in [6.07, 6.45) is 10.5. The Labute approximate surface area is 89.9 Å². The fourth-order valence-corrected chi connectivity index (χ4v) is 3.16. The highest BCUT2D eigenvalue weighted by Gasteiger charge is 2.34. The number of nitrogens with zero attached hydrogens (tertiary/aromatic N) is 1. The van der Waals surface area contributed by atoms with E-state index >= 15 is 0 Å². The van der Waals surface area contributed by atoms with Gasteiger partial charge < -0.3 is 4.90 Å². The molecule has 14 heavy (non-hydrogen) atoms. The minimum atomic E-state index is 0.755. The lowest BCUT2D eigenvalue weighted by atomic mass is 9.69. The van der Waals surface area contributed by atoms with E-state index in [-0.39, 0.29) is 0 Å². The Morgan fingerprint density at radius 1 is 0.857 bits per heavy atom. The summed E-state index contributed by atoms with van der Waals surface area (Å²) in [5.41, 5.74) is 0.755. The van der Waals surface area contributed by atoms with Crippen molar-refractivity contribution in [3.8, 4) is 0 Å². The molecule has 0 aromatic heterocycles. The molecule has 1 heterocycles. The second kappa shape index (κ2) is 5.75. The normalized spacial score (nSPS) is 26.8. The number of piperidine rings is 1. The Kier molecular flexibility index (Phi) is 4.94. The van der Waals surface area contributed by atoms with Crippen molar-refractivity contribution in [3.63, 3.8) is 0 Å². The third-order valence-corrected chi connectivity index (χ3v) is 3.77. The Balaban J connectivity index is 0.000000461. The molecule has 1 saturated carbocycles. The van der Waals surface area contributed by atoms with Crippen molar-refractivity contribution in [2.45, 2.75) is 58.8 Å². The predicted octanol–water partition coefficient (Wildman–Crippen LogP) is 3.69. The second-order valence-corrected chi connectivity index (χ2v) is 4.90. The Morgan fingerprint density at radius 3 is 2.00 bits per heavy atom. The van der Waals surface area contributed by atoms with E-state index in [1.807, 2.05) is 13.8 Å². The lowest BCUT2D eigenvalue weighted by molar-refractivity contribution is 0.0690. The van der Waals surface area contributed by atoms with Gasteiger partial charge >= 0.3 is 0 Å². The van der Waals surface area contributed by atoms with Gasteiger partial charge in [0.25, 0.3) is 0 Å². The largest absolute Gasteiger partial charge is 0.306 e. The topological polar surface area (TPSA) is 3.24 Å². The molecule has 2 rings (SSSR count). The zero-order valence-electron chi connectivity index (χ0n) is 10.3. The zero-order chi connectivity index (χ0) is 10.4. The zero-order valence-corrected chi connectivity index (χ0v) is 10.3. The summed E-state index contributed by atoms with van der Waals surface area (Å²) in [6, 6.07) is 0. The van der Waals surface area contributed by atoms with Gasteiger partial charge in [-0.25, -0.2) is 0 Å². The van der Waals surface area contributed by atoms with Crippen molar-refractivity contribution in [2.75, 3.05) is 20.1 Å². The van der Waals surface area contributed by atoms with Crippen LogP contribution in [0.3, 0.4) is 0 Å². The van der Waals surface area contributed by atoms with E-state index in [2.05, 4.69) is 11.9 Å². The molecule has 0 atom stereocenters. The van der Waals surface area contributed by atoms with Crippen LogP contribution in [0, 0.1) is 5.41 Å². The molecule has 0 aromatic rings. The molecule has 1 saturated heterocycles. The first-order valence-corrected chi connectivity index (χ1v) is 6.49. The minimum Gasteiger partial charge on any atom is -0.306 e. The minimum absolute atomic E-state index is 0.755. The molecule has 1 heteroatoms. The van der Waals surface area contributed by atoms with Crippen LogP contribution >= 0.6 is 0 Å². The number of hydrogen-bond donors (Lipinski definition) is 0. The van der Waals surface area contributed by atoms with Gasteiger partial charge in [0.1, 0.15) is 0 Å². The van der Waals surface area contributed by atoms with Gasteiger partial charge in [0, 0.05) is 6.54 Å². The van der Waals surface area contributed by atoms with E-state index in [0.717, 1.165) is 5.41 Å². The van der Waals surface area contributed by atoms with Crippen LogP contribution in [0.15, 0.2) is 0 Å². The molecular formula is C13H27N. The maximum Gasteiger partial charge on any atom is 0.00349 e. The first-order valence-electron chi connectivity index (χ1n) is 6.49. The molecule has 0 amide bonds. The molecule has 2 fully saturated rings. The first-order chi connectivity index (χ1) is 6.81. The van der Waals surface area contributed by atoms with E-state index in [1.165, 1.54) is 58.0 Å². The Morgan fingerprint density at radius 2 is 1.43 bits per heavy atom. The van der Waals surface area contributed by atoms with Crippen LogP contribution in [0.1, 0.15) is 58.8 Å². The summed E-state index contributed by atoms with van der Waals surface area (Å²) >= 11 is 0. The molecule has 84 valence electrons. The van der Waals surface area contributed by atoms with Crippen LogP contribution in [0.4, 0.5) is 0 Å². The summed E-state index contributed by atoms with van der Waals surface area (Å²) < 4.78 is 0. The van der Waals surface area contributed by atoms with Gasteiger partial charge in [-0.1, -0.05) is 33.1 Å². The van der Waals surface area contributed by atoms with E-state index < -0.39 is 0 Å². The van der Waals surface area contributed by atoms with E-state index in [1.54, 1.807) is 0 Å². The van der Waals surface area contributed by atoms with E-state index in [4.69, 9.17) is 0 Å². The molecule has 1 aliphatic heterocycles. The van der Waals surface area contributed by atoms with E-state index in [0.29, 0.717) is 0 Å². The Hall–Kier alpha value is -0.0400. The summed E-state index contributed by atoms with van der Waals surface area (Å²) in [5.74, 6) is 0. The first kappa shape index (κ1) is 12.0.